The van der Waals surface area contributed by atoms with Crippen LogP contribution in [0.5, 0.6) is 0 Å². The Kier molecular flexibility index (Phi) is 3.12. The maximum atomic E-state index is 5.94. The summed E-state index contributed by atoms with van der Waals surface area (Å²) < 4.78 is 5.13. The lowest BCUT2D eigenvalue weighted by atomic mass is 10.0. The molecular weight excluding hydrogens is 226 g/mol. The lowest BCUT2D eigenvalue weighted by molar-refractivity contribution is 0.185. The van der Waals surface area contributed by atoms with E-state index in [1.54, 1.807) is 13.3 Å². The average Bonchev–Trinajstić information content (AvgIpc) is 2.65. The largest absolute Gasteiger partial charge is 0.384 e. The van der Waals surface area contributed by atoms with Crippen LogP contribution in [0, 0.1) is 0 Å². The number of halogens is 1. The number of nitrogens with zero attached hydrogens (tertiary/aromatic N) is 1. The number of H-pyrrole nitrogens is 1. The molecule has 0 radical (unpaired) electrons. The molecule has 1 aromatic carbocycles. The highest BCUT2D eigenvalue weighted by molar-refractivity contribution is 6.30. The molecule has 2 aromatic rings. The molecule has 0 saturated heterocycles. The van der Waals surface area contributed by atoms with Crippen LogP contribution in [0.3, 0.4) is 0 Å². The summed E-state index contributed by atoms with van der Waals surface area (Å²) in [6.45, 7) is 0.487. The Balaban J connectivity index is 2.51. The average molecular weight is 238 g/mol. The molecule has 84 valence electrons. The number of aromatic amines is 1. The van der Waals surface area contributed by atoms with Gasteiger partial charge in [-0.25, -0.2) is 0 Å². The van der Waals surface area contributed by atoms with Crippen LogP contribution in [0.2, 0.25) is 5.02 Å². The van der Waals surface area contributed by atoms with Crippen molar-refractivity contribution in [2.75, 3.05) is 12.8 Å². The van der Waals surface area contributed by atoms with Gasteiger partial charge in [-0.05, 0) is 23.3 Å². The summed E-state index contributed by atoms with van der Waals surface area (Å²) in [4.78, 5) is 0. The van der Waals surface area contributed by atoms with Crippen molar-refractivity contribution in [2.24, 2.45) is 0 Å². The molecule has 0 aliphatic heterocycles. The predicted octanol–water partition coefficient (Wildman–Crippen LogP) is 2.46. The maximum absolute atomic E-state index is 5.94. The van der Waals surface area contributed by atoms with E-state index in [2.05, 4.69) is 10.2 Å². The SMILES string of the molecule is COCc1cc(Cl)ccc1-c1cn[nH]c1N. The van der Waals surface area contributed by atoms with E-state index < -0.39 is 0 Å². The van der Waals surface area contributed by atoms with Gasteiger partial charge in [0.05, 0.1) is 12.8 Å². The molecule has 16 heavy (non-hydrogen) atoms. The third-order valence-corrected chi connectivity index (χ3v) is 2.56. The zero-order valence-electron chi connectivity index (χ0n) is 8.83. The Hall–Kier alpha value is -1.52. The Bertz CT molecular complexity index is 496. The Morgan fingerprint density at radius 1 is 1.44 bits per heavy atom. The summed E-state index contributed by atoms with van der Waals surface area (Å²) in [5, 5.41) is 7.28. The molecule has 0 atom stereocenters. The Labute approximate surface area is 98.4 Å². The fourth-order valence-electron chi connectivity index (χ4n) is 1.61. The smallest absolute Gasteiger partial charge is 0.126 e. The molecule has 2 rings (SSSR count). The van der Waals surface area contributed by atoms with Crippen LogP contribution in [-0.4, -0.2) is 17.3 Å². The molecule has 0 saturated carbocycles. The molecule has 0 fully saturated rings. The maximum Gasteiger partial charge on any atom is 0.126 e. The molecule has 0 amide bonds. The third-order valence-electron chi connectivity index (χ3n) is 2.33. The fourth-order valence-corrected chi connectivity index (χ4v) is 1.81. The van der Waals surface area contributed by atoms with E-state index in [0.717, 1.165) is 16.7 Å². The fraction of sp³-hybridized carbons (Fsp3) is 0.182. The summed E-state index contributed by atoms with van der Waals surface area (Å²) in [7, 11) is 1.64. The number of nitrogens with one attached hydrogen (secondary N) is 1. The highest BCUT2D eigenvalue weighted by Crippen LogP contribution is 2.29. The number of benzene rings is 1. The van der Waals surface area contributed by atoms with E-state index in [4.69, 9.17) is 22.1 Å². The van der Waals surface area contributed by atoms with Crippen LogP contribution >= 0.6 is 11.6 Å². The molecule has 0 aliphatic carbocycles. The molecule has 1 heterocycles. The first kappa shape index (κ1) is 11.0. The summed E-state index contributed by atoms with van der Waals surface area (Å²) in [6, 6.07) is 5.60. The van der Waals surface area contributed by atoms with Crippen molar-refractivity contribution in [3.63, 3.8) is 0 Å². The van der Waals surface area contributed by atoms with E-state index >= 15 is 0 Å². The van der Waals surface area contributed by atoms with Gasteiger partial charge in [0, 0.05) is 17.7 Å². The quantitative estimate of drug-likeness (QED) is 0.862. The number of nitrogens with two attached hydrogens (primary N) is 1. The standard InChI is InChI=1S/C11H12ClN3O/c1-16-6-7-4-8(12)2-3-9(7)10-5-14-15-11(10)13/h2-5H,6H2,1H3,(H3,13,14,15). The van der Waals surface area contributed by atoms with Crippen molar-refractivity contribution >= 4 is 17.4 Å². The van der Waals surface area contributed by atoms with Crippen LogP contribution in [0.4, 0.5) is 5.82 Å². The van der Waals surface area contributed by atoms with E-state index in [1.807, 2.05) is 18.2 Å². The highest BCUT2D eigenvalue weighted by atomic mass is 35.5. The van der Waals surface area contributed by atoms with Gasteiger partial charge < -0.3 is 10.5 Å². The number of methoxy groups -OCH3 is 1. The van der Waals surface area contributed by atoms with E-state index in [-0.39, 0.29) is 0 Å². The minimum atomic E-state index is 0.487. The number of aromatic nitrogens is 2. The van der Waals surface area contributed by atoms with E-state index in [9.17, 15) is 0 Å². The van der Waals surface area contributed by atoms with Gasteiger partial charge in [0.25, 0.3) is 0 Å². The first-order chi connectivity index (χ1) is 7.72. The minimum absolute atomic E-state index is 0.487. The molecule has 0 bridgehead atoms. The van der Waals surface area contributed by atoms with Crippen LogP contribution in [0.15, 0.2) is 24.4 Å². The molecule has 3 N–H and O–H groups in total. The van der Waals surface area contributed by atoms with Crippen LogP contribution < -0.4 is 5.73 Å². The van der Waals surface area contributed by atoms with Crippen molar-refractivity contribution in [3.05, 3.63) is 35.0 Å². The topological polar surface area (TPSA) is 63.9 Å². The van der Waals surface area contributed by atoms with Crippen molar-refractivity contribution in [2.45, 2.75) is 6.61 Å². The van der Waals surface area contributed by atoms with Crippen LogP contribution in [0.1, 0.15) is 5.56 Å². The first-order valence-electron chi connectivity index (χ1n) is 4.79. The third kappa shape index (κ3) is 2.03. The summed E-state index contributed by atoms with van der Waals surface area (Å²) >= 11 is 5.94. The van der Waals surface area contributed by atoms with Gasteiger partial charge in [-0.1, -0.05) is 17.7 Å². The Morgan fingerprint density at radius 2 is 2.25 bits per heavy atom. The number of hydrogen-bond donors (Lipinski definition) is 2. The lowest BCUT2D eigenvalue weighted by Crippen LogP contribution is -1.94. The molecular formula is C11H12ClN3O. The molecule has 0 unspecified atom stereocenters. The summed E-state index contributed by atoms with van der Waals surface area (Å²) in [5.41, 5.74) is 8.62. The molecule has 1 aromatic heterocycles. The van der Waals surface area contributed by atoms with Crippen molar-refractivity contribution in [1.29, 1.82) is 0 Å². The second kappa shape index (κ2) is 4.55. The molecule has 0 spiro atoms. The van der Waals surface area contributed by atoms with Crippen molar-refractivity contribution in [3.8, 4) is 11.1 Å². The van der Waals surface area contributed by atoms with Crippen LogP contribution in [-0.2, 0) is 11.3 Å². The van der Waals surface area contributed by atoms with Gasteiger partial charge in [-0.15, -0.1) is 0 Å². The van der Waals surface area contributed by atoms with Gasteiger partial charge in [-0.2, -0.15) is 5.10 Å². The predicted molar refractivity (Wildman–Crippen MR) is 64.2 cm³/mol. The summed E-state index contributed by atoms with van der Waals surface area (Å²) in [5.74, 6) is 0.541. The van der Waals surface area contributed by atoms with Gasteiger partial charge in [0.2, 0.25) is 0 Å². The van der Waals surface area contributed by atoms with Gasteiger partial charge >= 0.3 is 0 Å². The van der Waals surface area contributed by atoms with E-state index in [1.165, 1.54) is 0 Å². The minimum Gasteiger partial charge on any atom is -0.384 e. The highest BCUT2D eigenvalue weighted by Gasteiger charge is 2.10. The Morgan fingerprint density at radius 3 is 2.88 bits per heavy atom. The summed E-state index contributed by atoms with van der Waals surface area (Å²) in [6.07, 6.45) is 1.69. The number of hydrogen-bond acceptors (Lipinski definition) is 3. The van der Waals surface area contributed by atoms with Gasteiger partial charge in [0.15, 0.2) is 0 Å². The van der Waals surface area contributed by atoms with Crippen molar-refractivity contribution < 1.29 is 4.74 Å². The number of anilines is 1. The lowest BCUT2D eigenvalue weighted by Gasteiger charge is -2.08. The second-order valence-corrected chi connectivity index (χ2v) is 3.87. The second-order valence-electron chi connectivity index (χ2n) is 3.43. The first-order valence-corrected chi connectivity index (χ1v) is 5.16. The normalized spacial score (nSPS) is 10.6. The molecule has 0 aliphatic rings. The number of rotatable bonds is 3. The van der Waals surface area contributed by atoms with Gasteiger partial charge in [-0.3, -0.25) is 5.10 Å². The van der Waals surface area contributed by atoms with Gasteiger partial charge in [0.1, 0.15) is 5.82 Å². The number of ether oxygens (including phenoxy) is 1. The number of nitrogen functional groups attached to an aromatic ring is 1. The zero-order chi connectivity index (χ0) is 11.5. The molecule has 4 nitrogen and oxygen atoms in total. The zero-order valence-corrected chi connectivity index (χ0v) is 9.58. The molecule has 5 heteroatoms. The van der Waals surface area contributed by atoms with Crippen LogP contribution in [0.25, 0.3) is 11.1 Å². The van der Waals surface area contributed by atoms with E-state index in [0.29, 0.717) is 17.4 Å². The van der Waals surface area contributed by atoms with Crippen molar-refractivity contribution in [1.82, 2.24) is 10.2 Å². The monoisotopic (exact) mass is 237 g/mol.